The van der Waals surface area contributed by atoms with E-state index in [1.54, 1.807) is 24.3 Å². The molecule has 0 aliphatic carbocycles. The lowest BCUT2D eigenvalue weighted by molar-refractivity contribution is 0.105. The maximum absolute atomic E-state index is 12.3. The number of carbonyl (C=O) groups excluding carboxylic acids is 1. The van der Waals surface area contributed by atoms with Crippen LogP contribution >= 0.6 is 0 Å². The summed E-state index contributed by atoms with van der Waals surface area (Å²) in [4.78, 5) is 12.8. The van der Waals surface area contributed by atoms with Crippen LogP contribution in [0.2, 0.25) is 0 Å². The van der Waals surface area contributed by atoms with Crippen molar-refractivity contribution in [1.29, 1.82) is 5.26 Å². The van der Waals surface area contributed by atoms with Crippen LogP contribution in [-0.2, 0) is 25.1 Å². The van der Waals surface area contributed by atoms with Crippen LogP contribution in [0.5, 0.6) is 0 Å². The molecule has 8 heteroatoms. The van der Waals surface area contributed by atoms with Crippen molar-refractivity contribution in [2.75, 3.05) is 0 Å². The summed E-state index contributed by atoms with van der Waals surface area (Å²) >= 11 is 0. The van der Waals surface area contributed by atoms with Crippen LogP contribution in [0.1, 0.15) is 28.4 Å². The van der Waals surface area contributed by atoms with Crippen molar-refractivity contribution >= 4 is 31.5 Å². The number of hydrogen-bond donors (Lipinski definition) is 0. The molecule has 0 radical (unpaired) electrons. The third kappa shape index (κ3) is 4.43. The fourth-order valence-electron chi connectivity index (χ4n) is 2.79. The lowest BCUT2D eigenvalue weighted by Gasteiger charge is -2.11. The van der Waals surface area contributed by atoms with Crippen LogP contribution in [0.3, 0.4) is 0 Å². The lowest BCUT2D eigenvalue weighted by Crippen LogP contribution is -2.17. The molecule has 0 saturated carbocycles. The predicted octanol–water partition coefficient (Wildman–Crippen LogP) is 4.09. The molecule has 0 saturated heterocycles. The average molecular weight is 427 g/mol. The average Bonchev–Trinajstić information content (AvgIpc) is 3.09. The molecule has 1 aliphatic rings. The van der Waals surface area contributed by atoms with Crippen molar-refractivity contribution in [1.82, 2.24) is 0 Å². The lowest BCUT2D eigenvalue weighted by atomic mass is 10.0. The minimum Gasteiger partial charge on any atom is -0.273 e. The van der Waals surface area contributed by atoms with E-state index < -0.39 is 25.9 Å². The molecule has 0 aromatic heterocycles. The van der Waals surface area contributed by atoms with Crippen molar-refractivity contribution < 1.29 is 17.5 Å². The second-order valence-electron chi connectivity index (χ2n) is 6.30. The van der Waals surface area contributed by atoms with Gasteiger partial charge in [-0.25, -0.2) is 0 Å². The van der Waals surface area contributed by atoms with Gasteiger partial charge in [0, 0.05) is 15.7 Å². The first kappa shape index (κ1) is 20.9. The van der Waals surface area contributed by atoms with Crippen molar-refractivity contribution in [3.05, 3.63) is 88.3 Å². The highest BCUT2D eigenvalue weighted by atomic mass is 32.2. The van der Waals surface area contributed by atoms with Gasteiger partial charge in [0.15, 0.2) is 0 Å². The number of nitrogens with zero attached hydrogens (tertiary/aromatic N) is 2. The summed E-state index contributed by atoms with van der Waals surface area (Å²) < 4.78 is 33.2. The van der Waals surface area contributed by atoms with E-state index in [9.17, 15) is 18.5 Å². The Balaban J connectivity index is 1.98. The van der Waals surface area contributed by atoms with Crippen molar-refractivity contribution in [2.45, 2.75) is 19.1 Å². The number of carbonyl (C=O) groups is 1. The fraction of sp³-hybridized carbons (Fsp3) is 0.143. The van der Waals surface area contributed by atoms with Crippen LogP contribution < -0.4 is 0 Å². The fourth-order valence-corrected chi connectivity index (χ4v) is 5.29. The first-order valence-electron chi connectivity index (χ1n) is 8.71. The van der Waals surface area contributed by atoms with Gasteiger partial charge in [0.25, 0.3) is 0 Å². The summed E-state index contributed by atoms with van der Waals surface area (Å²) in [5.41, 5.74) is 2.07. The van der Waals surface area contributed by atoms with Crippen LogP contribution in [0.25, 0.3) is 5.57 Å². The standard InChI is InChI=1S/C21H18N2O4S2/c1-15-8-6-7-11-18(15)19(14-22)20-13-12-16(2)28(20)23-27-29(25,26)21(24)17-9-4-3-5-10-17/h3-13,16H,1-2H3. The van der Waals surface area contributed by atoms with Gasteiger partial charge < -0.3 is 0 Å². The van der Waals surface area contributed by atoms with E-state index in [4.69, 9.17) is 4.28 Å². The number of benzene rings is 2. The second-order valence-corrected chi connectivity index (χ2v) is 9.69. The molecule has 0 spiro atoms. The van der Waals surface area contributed by atoms with E-state index in [2.05, 4.69) is 10.6 Å². The molecule has 0 amide bonds. The quantitative estimate of drug-likeness (QED) is 0.542. The highest BCUT2D eigenvalue weighted by Crippen LogP contribution is 2.31. The summed E-state index contributed by atoms with van der Waals surface area (Å²) in [6.07, 6.45) is 3.60. The van der Waals surface area contributed by atoms with Crippen molar-refractivity contribution in [2.24, 2.45) is 4.53 Å². The van der Waals surface area contributed by atoms with Gasteiger partial charge in [0.1, 0.15) is 6.07 Å². The molecule has 0 bridgehead atoms. The van der Waals surface area contributed by atoms with Crippen LogP contribution in [0.15, 0.2) is 76.2 Å². The molecule has 3 rings (SSSR count). The molecule has 0 fully saturated rings. The molecule has 29 heavy (non-hydrogen) atoms. The third-order valence-electron chi connectivity index (χ3n) is 4.31. The third-order valence-corrected chi connectivity index (χ3v) is 7.26. The SMILES string of the molecule is Cc1ccccc1C(C#N)=C1C=CC(C)S1=NOS(=O)(=O)C(=O)c1ccccc1. The van der Waals surface area contributed by atoms with E-state index in [-0.39, 0.29) is 10.8 Å². The Labute approximate surface area is 172 Å². The molecule has 2 atom stereocenters. The Hall–Kier alpha value is -2.86. The highest BCUT2D eigenvalue weighted by molar-refractivity contribution is 8.02. The largest absolute Gasteiger partial charge is 0.358 e. The zero-order valence-electron chi connectivity index (χ0n) is 15.8. The molecule has 148 valence electrons. The van der Waals surface area contributed by atoms with E-state index in [1.165, 1.54) is 12.1 Å². The van der Waals surface area contributed by atoms with Crippen LogP contribution in [0.4, 0.5) is 0 Å². The van der Waals surface area contributed by atoms with Crippen molar-refractivity contribution in [3.8, 4) is 6.07 Å². The van der Waals surface area contributed by atoms with Gasteiger partial charge in [-0.05, 0) is 41.7 Å². The molecule has 2 aromatic rings. The highest BCUT2D eigenvalue weighted by Gasteiger charge is 2.28. The van der Waals surface area contributed by atoms with Crippen LogP contribution in [-0.4, -0.2) is 18.8 Å². The first-order chi connectivity index (χ1) is 13.8. The van der Waals surface area contributed by atoms with E-state index in [0.717, 1.165) is 11.1 Å². The Morgan fingerprint density at radius 2 is 1.79 bits per heavy atom. The number of nitriles is 1. The molecule has 1 heterocycles. The van der Waals surface area contributed by atoms with E-state index in [1.807, 2.05) is 44.2 Å². The summed E-state index contributed by atoms with van der Waals surface area (Å²) in [6.45, 7) is 3.74. The van der Waals surface area contributed by atoms with Gasteiger partial charge in [0.05, 0.1) is 5.57 Å². The normalized spacial score (nSPS) is 20.4. The molecular formula is C21H18N2O4S2. The predicted molar refractivity (Wildman–Crippen MR) is 113 cm³/mol. The van der Waals surface area contributed by atoms with E-state index in [0.29, 0.717) is 10.5 Å². The number of allylic oxidation sites excluding steroid dienone is 2. The first-order valence-corrected chi connectivity index (χ1v) is 11.4. The molecular weight excluding hydrogens is 408 g/mol. The summed E-state index contributed by atoms with van der Waals surface area (Å²) in [7, 11) is -5.64. The van der Waals surface area contributed by atoms with Gasteiger partial charge in [-0.1, -0.05) is 65.2 Å². The van der Waals surface area contributed by atoms with E-state index >= 15 is 0 Å². The summed E-state index contributed by atoms with van der Waals surface area (Å²) in [5, 5.41) is 8.42. The van der Waals surface area contributed by atoms with Gasteiger partial charge in [-0.15, -0.1) is 4.28 Å². The zero-order valence-corrected chi connectivity index (χ0v) is 17.4. The molecule has 2 unspecified atom stereocenters. The topological polar surface area (TPSA) is 96.6 Å². The Morgan fingerprint density at radius 1 is 1.14 bits per heavy atom. The number of aryl methyl sites for hydroxylation is 1. The maximum atomic E-state index is 12.3. The summed E-state index contributed by atoms with van der Waals surface area (Å²) in [6, 6.07) is 17.2. The zero-order chi connectivity index (χ0) is 21.0. The Morgan fingerprint density at radius 3 is 2.45 bits per heavy atom. The monoisotopic (exact) mass is 426 g/mol. The van der Waals surface area contributed by atoms with Gasteiger partial charge in [-0.2, -0.15) is 13.7 Å². The second kappa shape index (κ2) is 8.66. The maximum Gasteiger partial charge on any atom is 0.358 e. The van der Waals surface area contributed by atoms with Gasteiger partial charge in [0.2, 0.25) is 0 Å². The molecule has 2 aromatic carbocycles. The Kier molecular flexibility index (Phi) is 6.23. The molecule has 0 N–H and O–H groups in total. The van der Waals surface area contributed by atoms with Crippen molar-refractivity contribution in [3.63, 3.8) is 0 Å². The van der Waals surface area contributed by atoms with Crippen LogP contribution in [0, 0.1) is 18.3 Å². The minimum absolute atomic E-state index is 0.00276. The van der Waals surface area contributed by atoms with Gasteiger partial charge >= 0.3 is 15.2 Å². The smallest absolute Gasteiger partial charge is 0.273 e. The van der Waals surface area contributed by atoms with Gasteiger partial charge in [-0.3, -0.25) is 4.79 Å². The minimum atomic E-state index is -4.58. The molecule has 6 nitrogen and oxygen atoms in total. The summed E-state index contributed by atoms with van der Waals surface area (Å²) in [5.74, 6) is 0. The molecule has 1 aliphatic heterocycles. The Bertz CT molecular complexity index is 1190. The number of hydrogen-bond acceptors (Lipinski definition) is 6. The number of rotatable bonds is 4.